The normalized spacial score (nSPS) is 11.0. The number of unbranched alkanes of at least 4 members (excludes halogenated alkanes) is 15. The van der Waals surface area contributed by atoms with Crippen molar-refractivity contribution < 1.29 is 9.53 Å². The highest BCUT2D eigenvalue weighted by Gasteiger charge is 2.14. The fourth-order valence-electron chi connectivity index (χ4n) is 5.23. The molecule has 4 heteroatoms. The van der Waals surface area contributed by atoms with Crippen LogP contribution in [0.15, 0.2) is 48.7 Å². The molecule has 0 aliphatic heterocycles. The molecule has 2 aromatic rings. The van der Waals surface area contributed by atoms with Crippen LogP contribution < -0.4 is 4.74 Å². The van der Waals surface area contributed by atoms with Crippen molar-refractivity contribution in [1.29, 1.82) is 0 Å². The summed E-state index contributed by atoms with van der Waals surface area (Å²) in [6.45, 7) is 3.65. The van der Waals surface area contributed by atoms with Crippen LogP contribution in [0.3, 0.4) is 0 Å². The monoisotopic (exact) mass is 536 g/mol. The Balaban J connectivity index is 1.55. The molecule has 0 spiro atoms. The number of nitrogens with zero attached hydrogens (tertiary/aromatic N) is 2. The Bertz CT molecular complexity index is 837. The first-order valence-electron chi connectivity index (χ1n) is 16.0. The summed E-state index contributed by atoms with van der Waals surface area (Å²) in [5.74, 6) is 1.14. The number of benzene rings is 1. The van der Waals surface area contributed by atoms with Crippen molar-refractivity contribution in [2.75, 3.05) is 13.7 Å². The van der Waals surface area contributed by atoms with Crippen LogP contribution in [0, 0.1) is 0 Å². The third kappa shape index (κ3) is 16.4. The Hall–Kier alpha value is -2.36. The zero-order valence-corrected chi connectivity index (χ0v) is 25.2. The van der Waals surface area contributed by atoms with E-state index in [0.717, 1.165) is 43.7 Å². The molecule has 0 atom stereocenters. The molecule has 1 aromatic carbocycles. The van der Waals surface area contributed by atoms with Gasteiger partial charge in [-0.25, -0.2) is 0 Å². The van der Waals surface area contributed by atoms with E-state index in [-0.39, 0.29) is 5.91 Å². The fraction of sp³-hybridized carbons (Fsp3) is 0.657. The molecular weight excluding hydrogens is 480 g/mol. The second kappa shape index (κ2) is 22.5. The summed E-state index contributed by atoms with van der Waals surface area (Å²) in [5.41, 5.74) is 2.24. The van der Waals surface area contributed by atoms with Gasteiger partial charge in [-0.05, 0) is 49.1 Å². The third-order valence-electron chi connectivity index (χ3n) is 7.73. The van der Waals surface area contributed by atoms with E-state index < -0.39 is 0 Å². The molecule has 0 radical (unpaired) electrons. The van der Waals surface area contributed by atoms with Crippen molar-refractivity contribution in [1.82, 2.24) is 9.88 Å². The number of carbonyl (C=O) groups is 1. The van der Waals surface area contributed by atoms with E-state index in [4.69, 9.17) is 4.74 Å². The first-order valence-corrected chi connectivity index (χ1v) is 16.0. The molecular formula is C35H56N2O2. The molecule has 0 bridgehead atoms. The number of hydrogen-bond acceptors (Lipinski definition) is 3. The molecule has 218 valence electrons. The predicted molar refractivity (Wildman–Crippen MR) is 165 cm³/mol. The van der Waals surface area contributed by atoms with Crippen LogP contribution in [-0.4, -0.2) is 29.4 Å². The number of methoxy groups -OCH3 is 1. The van der Waals surface area contributed by atoms with Crippen LogP contribution in [-0.2, 0) is 17.8 Å². The van der Waals surface area contributed by atoms with Crippen LogP contribution in [0.2, 0.25) is 0 Å². The highest BCUT2D eigenvalue weighted by Crippen LogP contribution is 2.16. The largest absolute Gasteiger partial charge is 0.497 e. The van der Waals surface area contributed by atoms with Gasteiger partial charge in [0.05, 0.1) is 19.3 Å². The maximum Gasteiger partial charge on any atom is 0.222 e. The van der Waals surface area contributed by atoms with Crippen LogP contribution in [0.4, 0.5) is 0 Å². The van der Waals surface area contributed by atoms with Gasteiger partial charge in [-0.15, -0.1) is 0 Å². The lowest BCUT2D eigenvalue weighted by atomic mass is 10.0. The van der Waals surface area contributed by atoms with Gasteiger partial charge in [-0.2, -0.15) is 0 Å². The lowest BCUT2D eigenvalue weighted by Crippen LogP contribution is -2.32. The first-order chi connectivity index (χ1) is 19.2. The minimum Gasteiger partial charge on any atom is -0.497 e. The molecule has 0 saturated heterocycles. The molecule has 0 saturated carbocycles. The molecule has 0 aliphatic rings. The Kier molecular flexibility index (Phi) is 18.9. The van der Waals surface area contributed by atoms with E-state index in [1.165, 1.54) is 95.5 Å². The van der Waals surface area contributed by atoms with Gasteiger partial charge in [-0.3, -0.25) is 9.78 Å². The van der Waals surface area contributed by atoms with Gasteiger partial charge in [0, 0.05) is 19.2 Å². The number of hydrogen-bond donors (Lipinski definition) is 0. The minimum absolute atomic E-state index is 0.265. The smallest absolute Gasteiger partial charge is 0.222 e. The lowest BCUT2D eigenvalue weighted by Gasteiger charge is -2.22. The summed E-state index contributed by atoms with van der Waals surface area (Å²) in [5, 5.41) is 0. The summed E-state index contributed by atoms with van der Waals surface area (Å²) in [7, 11) is 1.69. The van der Waals surface area contributed by atoms with Crippen LogP contribution in [0.25, 0.3) is 0 Å². The molecule has 1 amide bonds. The highest BCUT2D eigenvalue weighted by atomic mass is 16.5. The van der Waals surface area contributed by atoms with Crippen LogP contribution in [0.1, 0.15) is 134 Å². The van der Waals surface area contributed by atoms with Crippen molar-refractivity contribution in [3.63, 3.8) is 0 Å². The van der Waals surface area contributed by atoms with Crippen molar-refractivity contribution in [3.05, 3.63) is 59.9 Å². The van der Waals surface area contributed by atoms with Crippen molar-refractivity contribution in [2.45, 2.75) is 135 Å². The Morgan fingerprint density at radius 3 is 1.79 bits per heavy atom. The molecule has 1 heterocycles. The molecule has 4 nitrogen and oxygen atoms in total. The summed E-state index contributed by atoms with van der Waals surface area (Å²) >= 11 is 0. The average molecular weight is 537 g/mol. The van der Waals surface area contributed by atoms with Gasteiger partial charge in [0.1, 0.15) is 5.75 Å². The maximum absolute atomic E-state index is 13.1. The topological polar surface area (TPSA) is 42.4 Å². The zero-order valence-electron chi connectivity index (χ0n) is 25.2. The quantitative estimate of drug-likeness (QED) is 0.125. The zero-order chi connectivity index (χ0) is 27.8. The summed E-state index contributed by atoms with van der Waals surface area (Å²) in [6.07, 6.45) is 26.0. The van der Waals surface area contributed by atoms with Crippen molar-refractivity contribution >= 4 is 5.91 Å². The molecule has 0 N–H and O–H groups in total. The Labute approximate surface area is 240 Å². The summed E-state index contributed by atoms with van der Waals surface area (Å²) < 4.78 is 5.26. The highest BCUT2D eigenvalue weighted by molar-refractivity contribution is 5.76. The number of carbonyl (C=O) groups excluding carboxylic acids is 1. The number of rotatable bonds is 24. The van der Waals surface area contributed by atoms with E-state index in [9.17, 15) is 4.79 Å². The molecule has 2 rings (SSSR count). The molecule has 0 aliphatic carbocycles. The first kappa shape index (κ1) is 32.8. The Morgan fingerprint density at radius 2 is 1.28 bits per heavy atom. The number of ether oxygens (including phenoxy) is 1. The van der Waals surface area contributed by atoms with Crippen LogP contribution >= 0.6 is 0 Å². The van der Waals surface area contributed by atoms with Crippen LogP contribution in [0.5, 0.6) is 5.75 Å². The minimum atomic E-state index is 0.265. The fourth-order valence-corrected chi connectivity index (χ4v) is 5.23. The maximum atomic E-state index is 13.1. The van der Waals surface area contributed by atoms with E-state index in [2.05, 4.69) is 24.0 Å². The summed E-state index contributed by atoms with van der Waals surface area (Å²) in [4.78, 5) is 19.6. The molecule has 39 heavy (non-hydrogen) atoms. The molecule has 0 unspecified atom stereocenters. The van der Waals surface area contributed by atoms with Gasteiger partial charge >= 0.3 is 0 Å². The van der Waals surface area contributed by atoms with Crippen molar-refractivity contribution in [2.24, 2.45) is 0 Å². The Morgan fingerprint density at radius 1 is 0.718 bits per heavy atom. The number of pyridine rings is 1. The van der Waals surface area contributed by atoms with Gasteiger partial charge in [-0.1, -0.05) is 121 Å². The van der Waals surface area contributed by atoms with Gasteiger partial charge < -0.3 is 9.64 Å². The van der Waals surface area contributed by atoms with E-state index in [1.807, 2.05) is 41.4 Å². The van der Waals surface area contributed by atoms with Gasteiger partial charge in [0.25, 0.3) is 0 Å². The van der Waals surface area contributed by atoms with E-state index >= 15 is 0 Å². The molecule has 1 aromatic heterocycles. The van der Waals surface area contributed by atoms with Gasteiger partial charge in [0.2, 0.25) is 5.91 Å². The number of amides is 1. The summed E-state index contributed by atoms with van der Waals surface area (Å²) in [6, 6.07) is 14.2. The lowest BCUT2D eigenvalue weighted by molar-refractivity contribution is -0.132. The van der Waals surface area contributed by atoms with Gasteiger partial charge in [0.15, 0.2) is 0 Å². The predicted octanol–water partition coefficient (Wildman–Crippen LogP) is 9.70. The standard InChI is InChI=1S/C35H56N2O2/c1-3-4-5-6-7-8-9-10-11-12-13-14-15-16-17-18-24-35(38)37(31-33-23-19-20-29-36-33)30-21-22-32-25-27-34(39-2)28-26-32/h19-20,23,25-29H,3-18,21-22,24,30-31H2,1-2H3. The number of aryl methyl sites for hydroxylation is 1. The average Bonchev–Trinajstić information content (AvgIpc) is 2.97. The molecule has 0 fully saturated rings. The number of aromatic nitrogens is 1. The third-order valence-corrected chi connectivity index (χ3v) is 7.73. The second-order valence-corrected chi connectivity index (χ2v) is 11.1. The van der Waals surface area contributed by atoms with Crippen molar-refractivity contribution in [3.8, 4) is 5.75 Å². The van der Waals surface area contributed by atoms with E-state index in [0.29, 0.717) is 13.0 Å². The SMILES string of the molecule is CCCCCCCCCCCCCCCCCCC(=O)N(CCCc1ccc(OC)cc1)Cc1ccccn1. The van der Waals surface area contributed by atoms with E-state index in [1.54, 1.807) is 7.11 Å². The second-order valence-electron chi connectivity index (χ2n) is 11.1.